The molecule has 72 valence electrons. The van der Waals surface area contributed by atoms with E-state index in [1.807, 2.05) is 6.92 Å². The van der Waals surface area contributed by atoms with Crippen LogP contribution in [0.1, 0.15) is 19.8 Å². The van der Waals surface area contributed by atoms with Gasteiger partial charge in [-0.05, 0) is 25.3 Å². The molecule has 2 heteroatoms. The smallest absolute Gasteiger partial charge is 0.129 e. The molecule has 0 saturated carbocycles. The Morgan fingerprint density at radius 2 is 2.00 bits per heavy atom. The van der Waals surface area contributed by atoms with Crippen LogP contribution in [-0.4, -0.2) is 19.3 Å². The van der Waals surface area contributed by atoms with Gasteiger partial charge in [0.05, 0.1) is 6.10 Å². The summed E-state index contributed by atoms with van der Waals surface area (Å²) in [5.41, 5.74) is 5.60. The molecule has 1 rings (SSSR count). The number of hydrogen-bond acceptors (Lipinski definition) is 1. The second kappa shape index (κ2) is 3.69. The molecule has 1 N–H and O–H groups in total. The standard InChI is InChI=1S/C11H18OSi/c1-9-10(5-6-11(9)12)7-8-13(2,3)4/h11-12H,5-6H2,1-4H3. The summed E-state index contributed by atoms with van der Waals surface area (Å²) in [6.07, 6.45) is 1.59. The molecule has 1 aliphatic carbocycles. The lowest BCUT2D eigenvalue weighted by molar-refractivity contribution is 0.212. The molecule has 0 aromatic rings. The van der Waals surface area contributed by atoms with Gasteiger partial charge in [0.2, 0.25) is 0 Å². The molecule has 0 heterocycles. The Morgan fingerprint density at radius 1 is 1.38 bits per heavy atom. The minimum atomic E-state index is -1.25. The van der Waals surface area contributed by atoms with Gasteiger partial charge in [-0.15, -0.1) is 5.54 Å². The Hall–Kier alpha value is -0.523. The number of aliphatic hydroxyl groups excluding tert-OH is 1. The number of hydrogen-bond donors (Lipinski definition) is 1. The van der Waals surface area contributed by atoms with Crippen LogP contribution in [0, 0.1) is 11.5 Å². The van der Waals surface area contributed by atoms with E-state index in [-0.39, 0.29) is 6.10 Å². The van der Waals surface area contributed by atoms with E-state index >= 15 is 0 Å². The summed E-state index contributed by atoms with van der Waals surface area (Å²) in [6, 6.07) is 0. The molecule has 1 nitrogen and oxygen atoms in total. The Labute approximate surface area is 81.9 Å². The summed E-state index contributed by atoms with van der Waals surface area (Å²) in [4.78, 5) is 0. The highest BCUT2D eigenvalue weighted by atomic mass is 28.3. The van der Waals surface area contributed by atoms with Crippen molar-refractivity contribution in [2.24, 2.45) is 0 Å². The quantitative estimate of drug-likeness (QED) is 0.463. The molecular formula is C11H18OSi. The Kier molecular flexibility index (Phi) is 3.00. The third-order valence-electron chi connectivity index (χ3n) is 2.23. The lowest BCUT2D eigenvalue weighted by Crippen LogP contribution is -2.16. The average molecular weight is 194 g/mol. The number of aliphatic hydroxyl groups is 1. The van der Waals surface area contributed by atoms with Crippen molar-refractivity contribution in [1.29, 1.82) is 0 Å². The van der Waals surface area contributed by atoms with Gasteiger partial charge in [0, 0.05) is 5.57 Å². The average Bonchev–Trinajstić information content (AvgIpc) is 2.29. The summed E-state index contributed by atoms with van der Waals surface area (Å²) in [7, 11) is -1.25. The van der Waals surface area contributed by atoms with Gasteiger partial charge in [-0.25, -0.2) is 0 Å². The maximum absolute atomic E-state index is 9.48. The van der Waals surface area contributed by atoms with Gasteiger partial charge < -0.3 is 5.11 Å². The molecule has 0 amide bonds. The molecule has 0 saturated heterocycles. The Balaban J connectivity index is 2.79. The van der Waals surface area contributed by atoms with Crippen LogP contribution in [0.15, 0.2) is 11.1 Å². The zero-order chi connectivity index (χ0) is 10.1. The fourth-order valence-corrected chi connectivity index (χ4v) is 1.85. The van der Waals surface area contributed by atoms with Crippen molar-refractivity contribution in [2.75, 3.05) is 0 Å². The monoisotopic (exact) mass is 194 g/mol. The van der Waals surface area contributed by atoms with Crippen molar-refractivity contribution in [3.05, 3.63) is 11.1 Å². The van der Waals surface area contributed by atoms with Crippen LogP contribution in [0.2, 0.25) is 19.6 Å². The van der Waals surface area contributed by atoms with Gasteiger partial charge in [0.1, 0.15) is 8.07 Å². The lowest BCUT2D eigenvalue weighted by Gasteiger charge is -2.04. The van der Waals surface area contributed by atoms with E-state index in [4.69, 9.17) is 0 Å². The van der Waals surface area contributed by atoms with E-state index in [0.717, 1.165) is 18.4 Å². The van der Waals surface area contributed by atoms with Crippen LogP contribution >= 0.6 is 0 Å². The molecule has 1 unspecified atom stereocenters. The molecule has 0 aromatic heterocycles. The predicted molar refractivity (Wildman–Crippen MR) is 59.1 cm³/mol. The van der Waals surface area contributed by atoms with E-state index in [9.17, 15) is 5.11 Å². The summed E-state index contributed by atoms with van der Waals surface area (Å²) >= 11 is 0. The zero-order valence-corrected chi connectivity index (χ0v) is 9.94. The molecule has 0 spiro atoms. The Morgan fingerprint density at radius 3 is 2.38 bits per heavy atom. The molecule has 1 atom stereocenters. The molecule has 0 fully saturated rings. The second-order valence-electron chi connectivity index (χ2n) is 4.72. The molecular weight excluding hydrogens is 176 g/mol. The van der Waals surface area contributed by atoms with Crippen molar-refractivity contribution >= 4 is 8.07 Å². The predicted octanol–water partition coefficient (Wildman–Crippen LogP) is 2.34. The highest BCUT2D eigenvalue weighted by Crippen LogP contribution is 2.25. The van der Waals surface area contributed by atoms with Gasteiger partial charge in [0.25, 0.3) is 0 Å². The first-order valence-corrected chi connectivity index (χ1v) is 8.31. The van der Waals surface area contributed by atoms with Crippen LogP contribution in [0.4, 0.5) is 0 Å². The van der Waals surface area contributed by atoms with E-state index in [1.165, 1.54) is 5.57 Å². The van der Waals surface area contributed by atoms with E-state index in [1.54, 1.807) is 0 Å². The third kappa shape index (κ3) is 3.02. The van der Waals surface area contributed by atoms with Crippen molar-refractivity contribution in [1.82, 2.24) is 0 Å². The van der Waals surface area contributed by atoms with Gasteiger partial charge in [-0.1, -0.05) is 25.6 Å². The molecule has 0 bridgehead atoms. The van der Waals surface area contributed by atoms with Gasteiger partial charge >= 0.3 is 0 Å². The topological polar surface area (TPSA) is 20.2 Å². The fourth-order valence-electron chi connectivity index (χ4n) is 1.32. The maximum Gasteiger partial charge on any atom is 0.129 e. The minimum absolute atomic E-state index is 0.231. The van der Waals surface area contributed by atoms with Gasteiger partial charge in [0.15, 0.2) is 0 Å². The molecule has 13 heavy (non-hydrogen) atoms. The molecule has 1 aliphatic rings. The fraction of sp³-hybridized carbons (Fsp3) is 0.636. The number of allylic oxidation sites excluding steroid dienone is 1. The van der Waals surface area contributed by atoms with E-state index in [0.29, 0.717) is 0 Å². The largest absolute Gasteiger partial charge is 0.389 e. The van der Waals surface area contributed by atoms with Gasteiger partial charge in [-0.2, -0.15) is 0 Å². The van der Waals surface area contributed by atoms with Crippen LogP contribution in [-0.2, 0) is 0 Å². The summed E-state index contributed by atoms with van der Waals surface area (Å²) in [5.74, 6) is 3.23. The normalized spacial score (nSPS) is 23.0. The summed E-state index contributed by atoms with van der Waals surface area (Å²) in [5, 5.41) is 9.48. The summed E-state index contributed by atoms with van der Waals surface area (Å²) < 4.78 is 0. The maximum atomic E-state index is 9.48. The zero-order valence-electron chi connectivity index (χ0n) is 8.94. The van der Waals surface area contributed by atoms with Crippen molar-refractivity contribution < 1.29 is 5.11 Å². The molecule has 0 aliphatic heterocycles. The van der Waals surface area contributed by atoms with Crippen LogP contribution in [0.3, 0.4) is 0 Å². The molecule has 0 radical (unpaired) electrons. The highest BCUT2D eigenvalue weighted by Gasteiger charge is 2.18. The van der Waals surface area contributed by atoms with Crippen LogP contribution in [0.5, 0.6) is 0 Å². The minimum Gasteiger partial charge on any atom is -0.389 e. The first kappa shape index (κ1) is 10.6. The summed E-state index contributed by atoms with van der Waals surface area (Å²) in [6.45, 7) is 8.70. The van der Waals surface area contributed by atoms with E-state index < -0.39 is 8.07 Å². The van der Waals surface area contributed by atoms with Gasteiger partial charge in [-0.3, -0.25) is 0 Å². The van der Waals surface area contributed by atoms with Crippen LogP contribution in [0.25, 0.3) is 0 Å². The first-order chi connectivity index (χ1) is 5.90. The van der Waals surface area contributed by atoms with E-state index in [2.05, 4.69) is 31.1 Å². The van der Waals surface area contributed by atoms with Crippen molar-refractivity contribution in [2.45, 2.75) is 45.5 Å². The highest BCUT2D eigenvalue weighted by molar-refractivity contribution is 6.83. The Bertz CT molecular complexity index is 285. The van der Waals surface area contributed by atoms with Crippen molar-refractivity contribution in [3.63, 3.8) is 0 Å². The lowest BCUT2D eigenvalue weighted by atomic mass is 10.2. The SMILES string of the molecule is CC1=C(C#C[Si](C)(C)C)CCC1O. The third-order valence-corrected chi connectivity index (χ3v) is 3.11. The van der Waals surface area contributed by atoms with Crippen molar-refractivity contribution in [3.8, 4) is 11.5 Å². The van der Waals surface area contributed by atoms with Crippen LogP contribution < -0.4 is 0 Å². The first-order valence-electron chi connectivity index (χ1n) is 4.81. The second-order valence-corrected chi connectivity index (χ2v) is 9.47. The molecule has 0 aromatic carbocycles. The number of rotatable bonds is 0.